The van der Waals surface area contributed by atoms with Crippen molar-refractivity contribution >= 4 is 7.60 Å². The van der Waals surface area contributed by atoms with Crippen molar-refractivity contribution in [1.29, 1.82) is 0 Å². The van der Waals surface area contributed by atoms with Gasteiger partial charge >= 0.3 is 7.60 Å². The highest BCUT2D eigenvalue weighted by atomic mass is 31.2. The molecule has 1 saturated heterocycles. The molecule has 0 aliphatic carbocycles. The van der Waals surface area contributed by atoms with Gasteiger partial charge in [-0.3, -0.25) is 4.57 Å². The summed E-state index contributed by atoms with van der Waals surface area (Å²) in [7, 11) is -3.37. The van der Waals surface area contributed by atoms with Crippen LogP contribution in [0, 0.1) is 18.3 Å². The Kier molecular flexibility index (Phi) is 2.92. The van der Waals surface area contributed by atoms with Crippen LogP contribution in [0.15, 0.2) is 0 Å². The molecule has 1 N–H and O–H groups in total. The Balaban J connectivity index is 2.72. The van der Waals surface area contributed by atoms with Crippen molar-refractivity contribution in [2.45, 2.75) is 32.9 Å². The lowest BCUT2D eigenvalue weighted by molar-refractivity contribution is 0.284. The Bertz CT molecular complexity index is 232. The van der Waals surface area contributed by atoms with Gasteiger partial charge in [-0.2, -0.15) is 0 Å². The van der Waals surface area contributed by atoms with Crippen LogP contribution in [0.25, 0.3) is 0 Å². The molecule has 13 heavy (non-hydrogen) atoms. The summed E-state index contributed by atoms with van der Waals surface area (Å²) in [4.78, 5) is 9.48. The molecule has 1 radical (unpaired) electrons. The standard InChI is InChI=1S/C9H18O3P/c1-7-6-12-13(10,11)8(7)5-9(2,3)4/h7-8H,1,5-6H2,2-4H3,(H,10,11). The molecule has 0 bridgehead atoms. The highest BCUT2D eigenvalue weighted by Crippen LogP contribution is 2.58. The monoisotopic (exact) mass is 205 g/mol. The third kappa shape index (κ3) is 2.80. The molecule has 3 atom stereocenters. The molecule has 1 aliphatic rings. The highest BCUT2D eigenvalue weighted by molar-refractivity contribution is 7.53. The van der Waals surface area contributed by atoms with E-state index in [4.69, 9.17) is 4.52 Å². The van der Waals surface area contributed by atoms with Gasteiger partial charge < -0.3 is 9.42 Å². The predicted molar refractivity (Wildman–Crippen MR) is 52.5 cm³/mol. The topological polar surface area (TPSA) is 46.5 Å². The molecule has 0 aromatic rings. The summed E-state index contributed by atoms with van der Waals surface area (Å²) in [5.41, 5.74) is -0.236. The van der Waals surface area contributed by atoms with Gasteiger partial charge in [-0.25, -0.2) is 0 Å². The maximum absolute atomic E-state index is 11.5. The Morgan fingerprint density at radius 1 is 1.62 bits per heavy atom. The second-order valence-electron chi connectivity index (χ2n) is 4.95. The van der Waals surface area contributed by atoms with Crippen molar-refractivity contribution in [1.82, 2.24) is 0 Å². The first kappa shape index (κ1) is 11.2. The number of rotatable bonds is 1. The van der Waals surface area contributed by atoms with E-state index in [1.165, 1.54) is 0 Å². The van der Waals surface area contributed by atoms with E-state index in [0.29, 0.717) is 13.0 Å². The lowest BCUT2D eigenvalue weighted by atomic mass is 9.87. The summed E-state index contributed by atoms with van der Waals surface area (Å²) < 4.78 is 16.4. The van der Waals surface area contributed by atoms with Gasteiger partial charge in [0, 0.05) is 0 Å². The molecule has 3 unspecified atom stereocenters. The van der Waals surface area contributed by atoms with Gasteiger partial charge in [0.15, 0.2) is 0 Å². The van der Waals surface area contributed by atoms with Gasteiger partial charge in [0.25, 0.3) is 0 Å². The molecule has 1 fully saturated rings. The van der Waals surface area contributed by atoms with E-state index in [9.17, 15) is 9.46 Å². The molecule has 0 aromatic heterocycles. The first-order valence-electron chi connectivity index (χ1n) is 4.52. The second kappa shape index (κ2) is 3.38. The van der Waals surface area contributed by atoms with E-state index in [0.717, 1.165) is 0 Å². The third-order valence-electron chi connectivity index (χ3n) is 2.26. The minimum Gasteiger partial charge on any atom is -0.324 e. The van der Waals surface area contributed by atoms with Crippen molar-refractivity contribution in [3.8, 4) is 0 Å². The van der Waals surface area contributed by atoms with Crippen molar-refractivity contribution in [2.24, 2.45) is 11.3 Å². The van der Waals surface area contributed by atoms with Crippen molar-refractivity contribution in [3.63, 3.8) is 0 Å². The normalized spacial score (nSPS) is 41.0. The molecule has 4 heteroatoms. The van der Waals surface area contributed by atoms with E-state index >= 15 is 0 Å². The summed E-state index contributed by atoms with van der Waals surface area (Å²) in [6, 6.07) is 0. The molecule has 0 saturated carbocycles. The average molecular weight is 205 g/mol. The maximum atomic E-state index is 11.5. The van der Waals surface area contributed by atoms with Crippen LogP contribution in [0.4, 0.5) is 0 Å². The number of hydrogen-bond acceptors (Lipinski definition) is 2. The summed E-state index contributed by atoms with van der Waals surface area (Å²) >= 11 is 0. The predicted octanol–water partition coefficient (Wildman–Crippen LogP) is 2.46. The molecule has 0 spiro atoms. The zero-order valence-electron chi connectivity index (χ0n) is 8.49. The molecular weight excluding hydrogens is 187 g/mol. The fourth-order valence-corrected chi connectivity index (χ4v) is 3.58. The summed E-state index contributed by atoms with van der Waals surface area (Å²) in [5.74, 6) is -0.0462. The highest BCUT2D eigenvalue weighted by Gasteiger charge is 2.44. The van der Waals surface area contributed by atoms with E-state index in [2.05, 4.69) is 27.7 Å². The Labute approximate surface area is 80.0 Å². The van der Waals surface area contributed by atoms with Crippen LogP contribution in [0.5, 0.6) is 0 Å². The zero-order chi connectivity index (χ0) is 10.3. The molecule has 77 valence electrons. The Hall–Kier alpha value is 0.150. The molecule has 1 aliphatic heterocycles. The van der Waals surface area contributed by atoms with Gasteiger partial charge in [0.1, 0.15) is 0 Å². The SMILES string of the molecule is [CH2]C1COP(=O)(O)C1CC(C)(C)C. The van der Waals surface area contributed by atoms with E-state index in [-0.39, 0.29) is 17.0 Å². The van der Waals surface area contributed by atoms with Gasteiger partial charge in [0.05, 0.1) is 12.3 Å². The van der Waals surface area contributed by atoms with E-state index in [1.54, 1.807) is 0 Å². The summed E-state index contributed by atoms with van der Waals surface area (Å²) in [5, 5.41) is 0. The molecule has 3 nitrogen and oxygen atoms in total. The molecule has 1 heterocycles. The third-order valence-corrected chi connectivity index (χ3v) is 4.22. The quantitative estimate of drug-likeness (QED) is 0.669. The van der Waals surface area contributed by atoms with Crippen LogP contribution in [0.1, 0.15) is 27.2 Å². The maximum Gasteiger partial charge on any atom is 0.331 e. The smallest absolute Gasteiger partial charge is 0.324 e. The van der Waals surface area contributed by atoms with Gasteiger partial charge in [-0.05, 0) is 24.7 Å². The largest absolute Gasteiger partial charge is 0.331 e. The molecule has 0 aromatic carbocycles. The van der Waals surface area contributed by atoms with Crippen molar-refractivity contribution in [3.05, 3.63) is 6.92 Å². The van der Waals surface area contributed by atoms with Crippen LogP contribution in [-0.4, -0.2) is 17.2 Å². The average Bonchev–Trinajstić information content (AvgIpc) is 2.13. The van der Waals surface area contributed by atoms with Crippen LogP contribution < -0.4 is 0 Å². The number of hydrogen-bond donors (Lipinski definition) is 1. The first-order valence-corrected chi connectivity index (χ1v) is 6.17. The Morgan fingerprint density at radius 2 is 2.15 bits per heavy atom. The van der Waals surface area contributed by atoms with E-state index < -0.39 is 7.60 Å². The van der Waals surface area contributed by atoms with Crippen LogP contribution in [-0.2, 0) is 9.09 Å². The van der Waals surface area contributed by atoms with Gasteiger partial charge in [0.2, 0.25) is 0 Å². The molecule has 1 rings (SSSR count). The van der Waals surface area contributed by atoms with Crippen LogP contribution in [0.3, 0.4) is 0 Å². The van der Waals surface area contributed by atoms with Crippen LogP contribution in [0.2, 0.25) is 0 Å². The lowest BCUT2D eigenvalue weighted by Crippen LogP contribution is -2.21. The first-order chi connectivity index (χ1) is 5.72. The van der Waals surface area contributed by atoms with E-state index in [1.807, 2.05) is 0 Å². The lowest BCUT2D eigenvalue weighted by Gasteiger charge is -2.25. The Morgan fingerprint density at radius 3 is 2.46 bits per heavy atom. The minimum absolute atomic E-state index is 0.0462. The summed E-state index contributed by atoms with van der Waals surface area (Å²) in [6.07, 6.45) is 0.689. The summed E-state index contributed by atoms with van der Waals surface area (Å²) in [6.45, 7) is 10.3. The minimum atomic E-state index is -3.37. The molecular formula is C9H18O3P. The van der Waals surface area contributed by atoms with Gasteiger partial charge in [-0.1, -0.05) is 20.8 Å². The zero-order valence-corrected chi connectivity index (χ0v) is 9.38. The molecule has 0 amide bonds. The fourth-order valence-electron chi connectivity index (χ4n) is 1.59. The van der Waals surface area contributed by atoms with Crippen LogP contribution >= 0.6 is 7.60 Å². The fraction of sp³-hybridized carbons (Fsp3) is 0.889. The van der Waals surface area contributed by atoms with Gasteiger partial charge in [-0.15, -0.1) is 0 Å². The second-order valence-corrected chi connectivity index (χ2v) is 7.00. The van der Waals surface area contributed by atoms with Crippen molar-refractivity contribution in [2.75, 3.05) is 6.61 Å². The van der Waals surface area contributed by atoms with Crippen molar-refractivity contribution < 1.29 is 14.0 Å².